The molecule has 9 heteroatoms. The predicted molar refractivity (Wildman–Crippen MR) is 119 cm³/mol. The Morgan fingerprint density at radius 2 is 1.75 bits per heavy atom. The molecule has 3 heterocycles. The third-order valence-electron chi connectivity index (χ3n) is 6.11. The number of carbonyl (C=O) groups excluding carboxylic acids is 1. The maximum absolute atomic E-state index is 13.3. The van der Waals surface area contributed by atoms with Crippen LogP contribution in [0.25, 0.3) is 10.9 Å². The van der Waals surface area contributed by atoms with Crippen molar-refractivity contribution in [3.63, 3.8) is 0 Å². The number of H-pyrrole nitrogens is 1. The summed E-state index contributed by atoms with van der Waals surface area (Å²) in [4.78, 5) is 30.5. The number of aromatic amines is 1. The highest BCUT2D eigenvalue weighted by atomic mass is 32.2. The fraction of sp³-hybridized carbons (Fsp3) is 0.304. The predicted octanol–water partition coefficient (Wildman–Crippen LogP) is 1.75. The molecule has 0 atom stereocenters. The van der Waals surface area contributed by atoms with Crippen molar-refractivity contribution in [1.29, 1.82) is 0 Å². The van der Waals surface area contributed by atoms with Crippen molar-refractivity contribution in [1.82, 2.24) is 14.2 Å². The molecule has 0 saturated carbocycles. The number of carbonyl (C=O) groups is 1. The van der Waals surface area contributed by atoms with Gasteiger partial charge in [-0.2, -0.15) is 4.31 Å². The summed E-state index contributed by atoms with van der Waals surface area (Å²) in [7, 11) is -3.80. The Bertz CT molecular complexity index is 1360. The summed E-state index contributed by atoms with van der Waals surface area (Å²) in [6.07, 6.45) is 2.04. The van der Waals surface area contributed by atoms with E-state index >= 15 is 0 Å². The number of amides is 1. The van der Waals surface area contributed by atoms with E-state index in [-0.39, 0.29) is 21.8 Å². The van der Waals surface area contributed by atoms with Crippen LogP contribution in [0.4, 0.5) is 0 Å². The van der Waals surface area contributed by atoms with Crippen molar-refractivity contribution in [3.05, 3.63) is 75.6 Å². The van der Waals surface area contributed by atoms with Crippen LogP contribution in [0.2, 0.25) is 0 Å². The highest BCUT2D eigenvalue weighted by Crippen LogP contribution is 2.26. The summed E-state index contributed by atoms with van der Waals surface area (Å²) < 4.78 is 33.4. The molecule has 0 aliphatic carbocycles. The molecular formula is C23H23N3O5S. The molecule has 1 fully saturated rings. The molecule has 0 unspecified atom stereocenters. The molecule has 2 aliphatic heterocycles. The minimum atomic E-state index is -3.80. The smallest absolute Gasteiger partial charge is 0.259 e. The van der Waals surface area contributed by atoms with Crippen LogP contribution >= 0.6 is 0 Å². The molecule has 1 N–H and O–H groups in total. The van der Waals surface area contributed by atoms with Crippen molar-refractivity contribution in [3.8, 4) is 0 Å². The minimum absolute atomic E-state index is 0.000785. The fourth-order valence-electron chi connectivity index (χ4n) is 4.28. The second-order valence-electron chi connectivity index (χ2n) is 8.00. The van der Waals surface area contributed by atoms with Crippen LogP contribution < -0.4 is 5.43 Å². The first-order chi connectivity index (χ1) is 15.4. The summed E-state index contributed by atoms with van der Waals surface area (Å²) in [5, 5.41) is 0.183. The first-order valence-electron chi connectivity index (χ1n) is 10.5. The summed E-state index contributed by atoms with van der Waals surface area (Å²) >= 11 is 0. The lowest BCUT2D eigenvalue weighted by Crippen LogP contribution is -2.42. The van der Waals surface area contributed by atoms with Crippen molar-refractivity contribution in [2.75, 3.05) is 32.8 Å². The molecule has 3 aromatic rings. The number of pyridine rings is 1. The van der Waals surface area contributed by atoms with Gasteiger partial charge in [0.25, 0.3) is 5.91 Å². The van der Waals surface area contributed by atoms with Crippen LogP contribution in [0.1, 0.15) is 21.5 Å². The lowest BCUT2D eigenvalue weighted by molar-refractivity contribution is 0.0302. The van der Waals surface area contributed by atoms with Gasteiger partial charge in [-0.15, -0.1) is 0 Å². The fourth-order valence-corrected chi connectivity index (χ4v) is 5.72. The van der Waals surface area contributed by atoms with E-state index in [1.54, 1.807) is 11.0 Å². The Morgan fingerprint density at radius 3 is 2.53 bits per heavy atom. The molecule has 1 aromatic heterocycles. The van der Waals surface area contributed by atoms with Gasteiger partial charge in [0, 0.05) is 43.3 Å². The summed E-state index contributed by atoms with van der Waals surface area (Å²) in [5.74, 6) is -0.377. The van der Waals surface area contributed by atoms with Gasteiger partial charge in [-0.3, -0.25) is 9.59 Å². The van der Waals surface area contributed by atoms with Gasteiger partial charge in [0.2, 0.25) is 15.5 Å². The molecule has 0 radical (unpaired) electrons. The van der Waals surface area contributed by atoms with Crippen molar-refractivity contribution in [2.24, 2.45) is 0 Å². The summed E-state index contributed by atoms with van der Waals surface area (Å²) in [6, 6.07) is 12.3. The number of ether oxygens (including phenoxy) is 1. The molecule has 8 nitrogen and oxygen atoms in total. The highest BCUT2D eigenvalue weighted by molar-refractivity contribution is 7.89. The first kappa shape index (κ1) is 20.9. The number of hydrogen-bond donors (Lipinski definition) is 1. The number of benzene rings is 2. The molecule has 0 bridgehead atoms. The Balaban J connectivity index is 1.50. The molecule has 0 spiro atoms. The van der Waals surface area contributed by atoms with Gasteiger partial charge in [0.05, 0.1) is 18.1 Å². The SMILES string of the molecule is O=C(c1c[nH]c2ccc(S(=O)(=O)N3CCc4ccccc4C3)cc2c1=O)N1CCOCC1. The summed E-state index contributed by atoms with van der Waals surface area (Å²) in [5.41, 5.74) is 2.15. The minimum Gasteiger partial charge on any atom is -0.378 e. The van der Waals surface area contributed by atoms with E-state index < -0.39 is 15.5 Å². The van der Waals surface area contributed by atoms with E-state index in [9.17, 15) is 18.0 Å². The monoisotopic (exact) mass is 453 g/mol. The normalized spacial score (nSPS) is 17.3. The molecule has 1 amide bonds. The van der Waals surface area contributed by atoms with Crippen LogP contribution in [-0.2, 0) is 27.7 Å². The number of hydrogen-bond acceptors (Lipinski definition) is 5. The Morgan fingerprint density at radius 1 is 1.00 bits per heavy atom. The van der Waals surface area contributed by atoms with Crippen LogP contribution in [-0.4, -0.2) is 61.4 Å². The van der Waals surface area contributed by atoms with E-state index in [1.807, 2.05) is 24.3 Å². The van der Waals surface area contributed by atoms with E-state index in [1.165, 1.54) is 22.6 Å². The third-order valence-corrected chi connectivity index (χ3v) is 7.96. The van der Waals surface area contributed by atoms with E-state index in [0.29, 0.717) is 51.3 Å². The van der Waals surface area contributed by atoms with Gasteiger partial charge < -0.3 is 14.6 Å². The van der Waals surface area contributed by atoms with Crippen LogP contribution in [0, 0.1) is 0 Å². The number of rotatable bonds is 3. The largest absolute Gasteiger partial charge is 0.378 e. The van der Waals surface area contributed by atoms with E-state index in [4.69, 9.17) is 4.74 Å². The van der Waals surface area contributed by atoms with Crippen LogP contribution in [0.5, 0.6) is 0 Å². The molecule has 166 valence electrons. The zero-order valence-corrected chi connectivity index (χ0v) is 18.2. The first-order valence-corrected chi connectivity index (χ1v) is 12.0. The molecular weight excluding hydrogens is 430 g/mol. The van der Waals surface area contributed by atoms with Gasteiger partial charge in [-0.05, 0) is 35.7 Å². The average molecular weight is 454 g/mol. The summed E-state index contributed by atoms with van der Waals surface area (Å²) in [6.45, 7) is 2.37. The van der Waals surface area contributed by atoms with Gasteiger partial charge >= 0.3 is 0 Å². The molecule has 2 aromatic carbocycles. The van der Waals surface area contributed by atoms with Gasteiger partial charge in [-0.1, -0.05) is 24.3 Å². The third kappa shape index (κ3) is 3.62. The number of fused-ring (bicyclic) bond motifs is 2. The van der Waals surface area contributed by atoms with Crippen molar-refractivity contribution < 1.29 is 17.9 Å². The number of sulfonamides is 1. The van der Waals surface area contributed by atoms with Crippen molar-refractivity contribution >= 4 is 26.8 Å². The maximum atomic E-state index is 13.3. The quantitative estimate of drug-likeness (QED) is 0.651. The van der Waals surface area contributed by atoms with Gasteiger partial charge in [-0.25, -0.2) is 8.42 Å². The number of morpholine rings is 1. The highest BCUT2D eigenvalue weighted by Gasteiger charge is 2.29. The van der Waals surface area contributed by atoms with Crippen molar-refractivity contribution in [2.45, 2.75) is 17.9 Å². The van der Waals surface area contributed by atoms with Crippen LogP contribution in [0.15, 0.2) is 58.4 Å². The number of nitrogens with one attached hydrogen (secondary N) is 1. The number of nitrogens with zero attached hydrogens (tertiary/aromatic N) is 2. The second kappa shape index (κ2) is 8.16. The Hall–Kier alpha value is -3.01. The lowest BCUT2D eigenvalue weighted by Gasteiger charge is -2.28. The average Bonchev–Trinajstić information content (AvgIpc) is 2.84. The van der Waals surface area contributed by atoms with E-state index in [0.717, 1.165) is 11.1 Å². The molecule has 5 rings (SSSR count). The van der Waals surface area contributed by atoms with E-state index in [2.05, 4.69) is 4.98 Å². The lowest BCUT2D eigenvalue weighted by atomic mass is 10.0. The zero-order chi connectivity index (χ0) is 22.3. The zero-order valence-electron chi connectivity index (χ0n) is 17.4. The van der Waals surface area contributed by atoms with Crippen LogP contribution in [0.3, 0.4) is 0 Å². The van der Waals surface area contributed by atoms with Gasteiger partial charge in [0.1, 0.15) is 5.56 Å². The molecule has 32 heavy (non-hydrogen) atoms. The topological polar surface area (TPSA) is 99.8 Å². The molecule has 2 aliphatic rings. The van der Waals surface area contributed by atoms with Gasteiger partial charge in [0.15, 0.2) is 0 Å². The standard InChI is InChI=1S/C23H23N3O5S/c27-22-19-13-18(32(29,30)26-8-7-16-3-1-2-4-17(16)15-26)5-6-21(19)24-14-20(22)23(28)25-9-11-31-12-10-25/h1-6,13-14H,7-12,15H2,(H,24,27). The Kier molecular flexibility index (Phi) is 5.32. The number of aromatic nitrogens is 1. The maximum Gasteiger partial charge on any atom is 0.259 e. The molecule has 1 saturated heterocycles. The Labute approximate surface area is 185 Å². The second-order valence-corrected chi connectivity index (χ2v) is 9.94.